The largest absolute Gasteiger partial charge is 0.396 e. The van der Waals surface area contributed by atoms with Crippen molar-refractivity contribution in [2.24, 2.45) is 0 Å². The molecule has 0 amide bonds. The number of hydrogen-bond acceptors (Lipinski definition) is 4. The molecule has 1 rings (SSSR count). The summed E-state index contributed by atoms with van der Waals surface area (Å²) >= 11 is 1.52. The number of rotatable bonds is 4. The van der Waals surface area contributed by atoms with Crippen LogP contribution in [0.4, 0.5) is 0 Å². The Bertz CT molecular complexity index is 271. The first-order valence-electron chi connectivity index (χ1n) is 4.00. The molecule has 0 spiro atoms. The molecule has 70 valence electrons. The van der Waals surface area contributed by atoms with Crippen LogP contribution in [-0.4, -0.2) is 27.9 Å². The Kier molecular flexibility index (Phi) is 4.49. The number of thioether (sulfide) groups is 1. The minimum Gasteiger partial charge on any atom is -0.396 e. The van der Waals surface area contributed by atoms with Gasteiger partial charge in [-0.05, 0) is 12.7 Å². The first-order chi connectivity index (χ1) is 6.36. The summed E-state index contributed by atoms with van der Waals surface area (Å²) in [6, 6.07) is 0. The maximum Gasteiger partial charge on any atom is 0.187 e. The zero-order valence-corrected chi connectivity index (χ0v) is 8.29. The quantitative estimate of drug-likeness (QED) is 0.587. The minimum absolute atomic E-state index is 0.181. The van der Waals surface area contributed by atoms with Gasteiger partial charge in [-0.1, -0.05) is 23.9 Å². The fourth-order valence-corrected chi connectivity index (χ4v) is 1.13. The van der Waals surface area contributed by atoms with Crippen LogP contribution in [0.5, 0.6) is 0 Å². The van der Waals surface area contributed by atoms with E-state index in [2.05, 4.69) is 9.97 Å². The highest BCUT2D eigenvalue weighted by Gasteiger charge is 1.91. The van der Waals surface area contributed by atoms with E-state index in [4.69, 9.17) is 5.11 Å². The van der Waals surface area contributed by atoms with E-state index in [0.717, 1.165) is 10.7 Å². The molecule has 1 aromatic rings. The molecule has 0 saturated carbocycles. The number of nitrogens with zero attached hydrogens (tertiary/aromatic N) is 2. The first kappa shape index (κ1) is 10.2. The maximum atomic E-state index is 8.54. The van der Waals surface area contributed by atoms with Gasteiger partial charge in [0.1, 0.15) is 0 Å². The normalized spacial score (nSPS) is 10.9. The highest BCUT2D eigenvalue weighted by atomic mass is 32.2. The van der Waals surface area contributed by atoms with Crippen molar-refractivity contribution in [1.82, 2.24) is 9.97 Å². The molecule has 0 fully saturated rings. The molecule has 3 nitrogen and oxygen atoms in total. The number of aromatic nitrogens is 2. The smallest absolute Gasteiger partial charge is 0.187 e. The lowest BCUT2D eigenvalue weighted by Gasteiger charge is -1.94. The summed E-state index contributed by atoms with van der Waals surface area (Å²) in [7, 11) is 0. The first-order valence-corrected chi connectivity index (χ1v) is 5.22. The Morgan fingerprint density at radius 2 is 2.15 bits per heavy atom. The second-order valence-corrected chi connectivity index (χ2v) is 3.19. The summed E-state index contributed by atoms with van der Waals surface area (Å²) in [5, 5.41) is 9.32. The zero-order valence-electron chi connectivity index (χ0n) is 7.47. The fourth-order valence-electron chi connectivity index (χ4n) is 0.812. The molecule has 1 heterocycles. The molecule has 0 aliphatic carbocycles. The van der Waals surface area contributed by atoms with E-state index < -0.39 is 0 Å². The summed E-state index contributed by atoms with van der Waals surface area (Å²) in [6.45, 7) is 0.181. The van der Waals surface area contributed by atoms with E-state index in [0.29, 0.717) is 6.42 Å². The third-order valence-corrected chi connectivity index (χ3v) is 2.01. The van der Waals surface area contributed by atoms with Crippen LogP contribution in [0.2, 0.25) is 0 Å². The number of aliphatic hydroxyl groups is 1. The second kappa shape index (κ2) is 5.72. The molecule has 0 saturated heterocycles. The van der Waals surface area contributed by atoms with Gasteiger partial charge in [0.2, 0.25) is 0 Å². The molecular formula is C9H12N2OS. The van der Waals surface area contributed by atoms with Crippen molar-refractivity contribution >= 4 is 17.8 Å². The van der Waals surface area contributed by atoms with Gasteiger partial charge in [0.25, 0.3) is 0 Å². The van der Waals surface area contributed by atoms with E-state index in [1.807, 2.05) is 18.4 Å². The molecule has 0 aliphatic heterocycles. The van der Waals surface area contributed by atoms with Crippen LogP contribution < -0.4 is 0 Å². The van der Waals surface area contributed by atoms with E-state index in [1.54, 1.807) is 12.4 Å². The Morgan fingerprint density at radius 1 is 1.46 bits per heavy atom. The van der Waals surface area contributed by atoms with Crippen molar-refractivity contribution in [3.8, 4) is 0 Å². The topological polar surface area (TPSA) is 46.0 Å². The predicted octanol–water partition coefficient (Wildman–Crippen LogP) is 1.59. The summed E-state index contributed by atoms with van der Waals surface area (Å²) < 4.78 is 0. The lowest BCUT2D eigenvalue weighted by atomic mass is 10.3. The van der Waals surface area contributed by atoms with Gasteiger partial charge in [0.05, 0.1) is 0 Å². The third-order valence-electron chi connectivity index (χ3n) is 1.44. The fraction of sp³-hybridized carbons (Fsp3) is 0.333. The second-order valence-electron chi connectivity index (χ2n) is 2.42. The van der Waals surface area contributed by atoms with Crippen molar-refractivity contribution in [3.63, 3.8) is 0 Å². The molecule has 1 aromatic heterocycles. The van der Waals surface area contributed by atoms with Gasteiger partial charge in [0, 0.05) is 24.6 Å². The van der Waals surface area contributed by atoms with Crippen LogP contribution >= 0.6 is 11.8 Å². The highest BCUT2D eigenvalue weighted by Crippen LogP contribution is 2.07. The minimum atomic E-state index is 0.181. The molecule has 0 atom stereocenters. The Labute approximate surface area is 81.9 Å². The molecule has 4 heteroatoms. The lowest BCUT2D eigenvalue weighted by Crippen LogP contribution is -1.85. The molecule has 0 aliphatic rings. The Morgan fingerprint density at radius 3 is 2.69 bits per heavy atom. The van der Waals surface area contributed by atoms with Gasteiger partial charge in [-0.25, -0.2) is 9.97 Å². The van der Waals surface area contributed by atoms with Crippen molar-refractivity contribution in [1.29, 1.82) is 0 Å². The van der Waals surface area contributed by atoms with E-state index in [1.165, 1.54) is 11.8 Å². The molecule has 0 unspecified atom stereocenters. The summed E-state index contributed by atoms with van der Waals surface area (Å²) in [6.07, 6.45) is 9.96. The molecule has 13 heavy (non-hydrogen) atoms. The third kappa shape index (κ3) is 3.57. The van der Waals surface area contributed by atoms with Crippen molar-refractivity contribution < 1.29 is 5.11 Å². The monoisotopic (exact) mass is 196 g/mol. The van der Waals surface area contributed by atoms with Gasteiger partial charge >= 0.3 is 0 Å². The molecule has 1 N–H and O–H groups in total. The van der Waals surface area contributed by atoms with Crippen LogP contribution in [-0.2, 0) is 0 Å². The Hall–Kier alpha value is -0.870. The Balaban J connectivity index is 2.58. The summed E-state index contributed by atoms with van der Waals surface area (Å²) in [5.74, 6) is 0. The highest BCUT2D eigenvalue weighted by molar-refractivity contribution is 7.98. The van der Waals surface area contributed by atoms with Crippen LogP contribution in [0.25, 0.3) is 6.08 Å². The van der Waals surface area contributed by atoms with Crippen LogP contribution in [0.1, 0.15) is 12.0 Å². The van der Waals surface area contributed by atoms with Crippen LogP contribution in [0.15, 0.2) is 23.6 Å². The van der Waals surface area contributed by atoms with Crippen LogP contribution in [0.3, 0.4) is 0 Å². The summed E-state index contributed by atoms with van der Waals surface area (Å²) in [5.41, 5.74) is 0.964. The molecule has 0 radical (unpaired) electrons. The molecular weight excluding hydrogens is 184 g/mol. The van der Waals surface area contributed by atoms with Crippen molar-refractivity contribution in [3.05, 3.63) is 24.0 Å². The average Bonchev–Trinajstić information content (AvgIpc) is 2.19. The van der Waals surface area contributed by atoms with Crippen molar-refractivity contribution in [2.45, 2.75) is 11.6 Å². The van der Waals surface area contributed by atoms with E-state index in [9.17, 15) is 0 Å². The van der Waals surface area contributed by atoms with Crippen LogP contribution in [0, 0.1) is 0 Å². The number of hydrogen-bond donors (Lipinski definition) is 1. The van der Waals surface area contributed by atoms with Gasteiger partial charge in [-0.3, -0.25) is 0 Å². The van der Waals surface area contributed by atoms with Gasteiger partial charge in [0.15, 0.2) is 5.16 Å². The average molecular weight is 196 g/mol. The molecule has 0 aromatic carbocycles. The lowest BCUT2D eigenvalue weighted by molar-refractivity contribution is 0.303. The van der Waals surface area contributed by atoms with Crippen molar-refractivity contribution in [2.75, 3.05) is 12.9 Å². The van der Waals surface area contributed by atoms with Gasteiger partial charge < -0.3 is 5.11 Å². The van der Waals surface area contributed by atoms with Gasteiger partial charge in [-0.15, -0.1) is 0 Å². The predicted molar refractivity (Wildman–Crippen MR) is 54.5 cm³/mol. The SMILES string of the molecule is CSc1ncc(C=CCCO)cn1. The number of aliphatic hydroxyl groups excluding tert-OH is 1. The maximum absolute atomic E-state index is 8.54. The van der Waals surface area contributed by atoms with Gasteiger partial charge in [-0.2, -0.15) is 0 Å². The standard InChI is InChI=1S/C9H12N2OS/c1-13-9-10-6-8(7-11-9)4-2-3-5-12/h2,4,6-7,12H,3,5H2,1H3. The van der Waals surface area contributed by atoms with E-state index >= 15 is 0 Å². The summed E-state index contributed by atoms with van der Waals surface area (Å²) in [4.78, 5) is 8.23. The zero-order chi connectivity index (χ0) is 9.52. The van der Waals surface area contributed by atoms with E-state index in [-0.39, 0.29) is 6.61 Å². The molecule has 0 bridgehead atoms.